The topological polar surface area (TPSA) is 12.4 Å². The van der Waals surface area contributed by atoms with Crippen LogP contribution in [-0.4, -0.2) is 16.8 Å². The van der Waals surface area contributed by atoms with Gasteiger partial charge >= 0.3 is 0 Å². The Morgan fingerprint density at radius 1 is 1.88 bits per heavy atom. The number of hydrogen-bond donors (Lipinski definition) is 0. The second-order valence-electron chi connectivity index (χ2n) is 1.96. The highest BCUT2D eigenvalue weighted by atomic mass is 32.2. The summed E-state index contributed by atoms with van der Waals surface area (Å²) in [5, 5.41) is 0.648. The van der Waals surface area contributed by atoms with E-state index in [1.807, 2.05) is 5.55 Å². The molecule has 0 amide bonds. The minimum Gasteiger partial charge on any atom is -0.282 e. The van der Waals surface area contributed by atoms with E-state index in [2.05, 4.69) is 18.8 Å². The van der Waals surface area contributed by atoms with Gasteiger partial charge in [-0.3, -0.25) is 4.99 Å². The molecule has 1 aliphatic rings. The Labute approximate surface area is 54.6 Å². The van der Waals surface area contributed by atoms with Crippen LogP contribution in [0.1, 0.15) is 13.3 Å². The molecule has 1 radical (unpaired) electrons. The Hall–Kier alpha value is 0.0200. The average Bonchev–Trinajstić information content (AvgIpc) is 2.14. The molecule has 0 saturated carbocycles. The van der Waals surface area contributed by atoms with Crippen LogP contribution in [0.25, 0.3) is 0 Å². The first-order valence-corrected chi connectivity index (χ1v) is 3.75. The Kier molecular flexibility index (Phi) is 1.95. The quantitative estimate of drug-likeness (QED) is 0.524. The fraction of sp³-hybridized carbons (Fsp3) is 0.667. The third kappa shape index (κ3) is 1.05. The number of rotatable bonds is 1. The molecule has 0 spiro atoms. The van der Waals surface area contributed by atoms with E-state index in [1.54, 1.807) is 11.8 Å². The van der Waals surface area contributed by atoms with Crippen molar-refractivity contribution >= 4 is 17.3 Å². The van der Waals surface area contributed by atoms with Crippen molar-refractivity contribution in [2.24, 2.45) is 4.99 Å². The number of nitrogens with zero attached hydrogens (tertiary/aromatic N) is 1. The molecule has 2 unspecified atom stereocenters. The molecule has 1 aliphatic heterocycles. The maximum Gasteiger partial charge on any atom is 0.0600 e. The Morgan fingerprint density at radius 2 is 2.62 bits per heavy atom. The molecule has 1 rings (SSSR count). The van der Waals surface area contributed by atoms with E-state index in [9.17, 15) is 0 Å². The SMILES string of the molecule is [CH2]CC1SC=NC1C. The van der Waals surface area contributed by atoms with Crippen LogP contribution in [-0.2, 0) is 0 Å². The molecule has 0 saturated heterocycles. The zero-order valence-electron chi connectivity index (χ0n) is 5.00. The molecule has 0 fully saturated rings. The van der Waals surface area contributed by atoms with E-state index in [4.69, 9.17) is 0 Å². The third-order valence-electron chi connectivity index (χ3n) is 1.35. The lowest BCUT2D eigenvalue weighted by molar-refractivity contribution is 0.710. The van der Waals surface area contributed by atoms with Crippen LogP contribution in [0.3, 0.4) is 0 Å². The molecule has 0 aliphatic carbocycles. The van der Waals surface area contributed by atoms with Crippen molar-refractivity contribution in [3.63, 3.8) is 0 Å². The molecule has 1 heterocycles. The molecule has 1 nitrogen and oxygen atoms in total. The summed E-state index contributed by atoms with van der Waals surface area (Å²) in [6.45, 7) is 5.95. The van der Waals surface area contributed by atoms with Gasteiger partial charge in [0, 0.05) is 5.25 Å². The molecule has 0 N–H and O–H groups in total. The second-order valence-corrected chi connectivity index (χ2v) is 3.05. The van der Waals surface area contributed by atoms with Crippen LogP contribution in [0.4, 0.5) is 0 Å². The van der Waals surface area contributed by atoms with Crippen LogP contribution >= 0.6 is 11.8 Å². The first-order chi connectivity index (χ1) is 3.84. The Bertz CT molecular complexity index is 101. The minimum absolute atomic E-state index is 0.498. The van der Waals surface area contributed by atoms with Crippen LogP contribution in [0.2, 0.25) is 0 Å². The van der Waals surface area contributed by atoms with E-state index in [-0.39, 0.29) is 0 Å². The summed E-state index contributed by atoms with van der Waals surface area (Å²) in [4.78, 5) is 4.19. The summed E-state index contributed by atoms with van der Waals surface area (Å²) in [5.41, 5.74) is 1.93. The highest BCUT2D eigenvalue weighted by Gasteiger charge is 2.17. The molecule has 0 aromatic rings. The van der Waals surface area contributed by atoms with Gasteiger partial charge in [0.15, 0.2) is 0 Å². The average molecular weight is 128 g/mol. The lowest BCUT2D eigenvalue weighted by Crippen LogP contribution is -2.11. The van der Waals surface area contributed by atoms with Crippen molar-refractivity contribution in [3.05, 3.63) is 6.92 Å². The van der Waals surface area contributed by atoms with E-state index < -0.39 is 0 Å². The van der Waals surface area contributed by atoms with Gasteiger partial charge in [-0.05, 0) is 13.3 Å². The number of thioether (sulfide) groups is 1. The second kappa shape index (κ2) is 2.53. The lowest BCUT2D eigenvalue weighted by Gasteiger charge is -2.07. The highest BCUT2D eigenvalue weighted by molar-refractivity contribution is 8.12. The van der Waals surface area contributed by atoms with Gasteiger partial charge in [0.25, 0.3) is 0 Å². The highest BCUT2D eigenvalue weighted by Crippen LogP contribution is 2.23. The lowest BCUT2D eigenvalue weighted by atomic mass is 10.2. The van der Waals surface area contributed by atoms with Gasteiger partial charge in [-0.25, -0.2) is 0 Å². The summed E-state index contributed by atoms with van der Waals surface area (Å²) in [5.74, 6) is 0. The predicted molar refractivity (Wildman–Crippen MR) is 39.3 cm³/mol. The molecule has 2 atom stereocenters. The summed E-state index contributed by atoms with van der Waals surface area (Å²) in [6.07, 6.45) is 0.992. The summed E-state index contributed by atoms with van der Waals surface area (Å²) in [7, 11) is 0. The van der Waals surface area contributed by atoms with E-state index in [0.717, 1.165) is 6.42 Å². The van der Waals surface area contributed by atoms with Gasteiger partial charge in [0.1, 0.15) is 0 Å². The van der Waals surface area contributed by atoms with Crippen molar-refractivity contribution in [2.75, 3.05) is 0 Å². The summed E-state index contributed by atoms with van der Waals surface area (Å²) < 4.78 is 0. The smallest absolute Gasteiger partial charge is 0.0600 e. The van der Waals surface area contributed by atoms with Gasteiger partial charge in [0.05, 0.1) is 11.6 Å². The van der Waals surface area contributed by atoms with Crippen LogP contribution in [0, 0.1) is 6.92 Å². The Morgan fingerprint density at radius 3 is 2.88 bits per heavy atom. The van der Waals surface area contributed by atoms with Gasteiger partial charge in [-0.1, -0.05) is 6.92 Å². The zero-order valence-corrected chi connectivity index (χ0v) is 5.82. The molecule has 0 aromatic carbocycles. The Balaban J connectivity index is 2.38. The largest absolute Gasteiger partial charge is 0.282 e. The maximum atomic E-state index is 4.19. The molecule has 45 valence electrons. The molecule has 0 aromatic heterocycles. The van der Waals surface area contributed by atoms with E-state index >= 15 is 0 Å². The van der Waals surface area contributed by atoms with E-state index in [1.165, 1.54) is 0 Å². The fourth-order valence-corrected chi connectivity index (χ4v) is 1.58. The summed E-state index contributed by atoms with van der Waals surface area (Å²) in [6, 6.07) is 0.498. The first kappa shape index (κ1) is 6.14. The fourth-order valence-electron chi connectivity index (χ4n) is 0.728. The molecule has 8 heavy (non-hydrogen) atoms. The maximum absolute atomic E-state index is 4.19. The van der Waals surface area contributed by atoms with E-state index in [0.29, 0.717) is 11.3 Å². The standard InChI is InChI=1S/C6H10NS/c1-3-6-5(2)7-4-8-6/h4-6H,1,3H2,2H3. The molecular formula is C6H10NS. The van der Waals surface area contributed by atoms with Crippen LogP contribution in [0.15, 0.2) is 4.99 Å². The molecule has 0 bridgehead atoms. The van der Waals surface area contributed by atoms with Crippen LogP contribution in [0.5, 0.6) is 0 Å². The normalized spacial score (nSPS) is 36.2. The zero-order chi connectivity index (χ0) is 5.98. The van der Waals surface area contributed by atoms with Crippen molar-refractivity contribution in [3.8, 4) is 0 Å². The molecule has 2 heteroatoms. The monoisotopic (exact) mass is 128 g/mol. The third-order valence-corrected chi connectivity index (χ3v) is 2.58. The van der Waals surface area contributed by atoms with Crippen molar-refractivity contribution in [1.82, 2.24) is 0 Å². The minimum atomic E-state index is 0.498. The van der Waals surface area contributed by atoms with Gasteiger partial charge in [-0.15, -0.1) is 11.8 Å². The number of aliphatic imine (C=N–C) groups is 1. The van der Waals surface area contributed by atoms with Gasteiger partial charge < -0.3 is 0 Å². The van der Waals surface area contributed by atoms with Crippen molar-refractivity contribution in [1.29, 1.82) is 0 Å². The van der Waals surface area contributed by atoms with Gasteiger partial charge in [0.2, 0.25) is 0 Å². The predicted octanol–water partition coefficient (Wildman–Crippen LogP) is 1.74. The van der Waals surface area contributed by atoms with Crippen molar-refractivity contribution < 1.29 is 0 Å². The van der Waals surface area contributed by atoms with Gasteiger partial charge in [-0.2, -0.15) is 0 Å². The van der Waals surface area contributed by atoms with Crippen molar-refractivity contribution in [2.45, 2.75) is 24.6 Å². The number of hydrogen-bond acceptors (Lipinski definition) is 2. The summed E-state index contributed by atoms with van der Waals surface area (Å²) >= 11 is 1.80. The first-order valence-electron chi connectivity index (χ1n) is 2.81. The van der Waals surface area contributed by atoms with Crippen LogP contribution < -0.4 is 0 Å². The molecular weight excluding hydrogens is 118 g/mol.